The lowest BCUT2D eigenvalue weighted by Crippen LogP contribution is -2.26. The predicted octanol–water partition coefficient (Wildman–Crippen LogP) is 3.74. The molecule has 0 fully saturated rings. The van der Waals surface area contributed by atoms with E-state index in [1.807, 2.05) is 77.4 Å². The summed E-state index contributed by atoms with van der Waals surface area (Å²) in [5, 5.41) is 13.7. The van der Waals surface area contributed by atoms with Crippen molar-refractivity contribution in [1.82, 2.24) is 14.9 Å². The van der Waals surface area contributed by atoms with Crippen LogP contribution >= 0.6 is 0 Å². The highest BCUT2D eigenvalue weighted by Crippen LogP contribution is 2.21. The number of rotatable bonds is 7. The molecule has 0 bridgehead atoms. The van der Waals surface area contributed by atoms with Gasteiger partial charge in [-0.05, 0) is 29.8 Å². The highest BCUT2D eigenvalue weighted by molar-refractivity contribution is 5.94. The van der Waals surface area contributed by atoms with Gasteiger partial charge in [0.2, 0.25) is 0 Å². The third-order valence-corrected chi connectivity index (χ3v) is 4.94. The number of aliphatic hydroxyl groups is 1. The second-order valence-electron chi connectivity index (χ2n) is 6.93. The molecule has 3 aromatic carbocycles. The summed E-state index contributed by atoms with van der Waals surface area (Å²) in [5.74, 6) is 0.743. The Kier molecular flexibility index (Phi) is 5.68. The van der Waals surface area contributed by atoms with Crippen LogP contribution in [0.1, 0.15) is 27.8 Å². The van der Waals surface area contributed by atoms with Gasteiger partial charge in [-0.1, -0.05) is 60.7 Å². The number of benzene rings is 3. The third-order valence-electron chi connectivity index (χ3n) is 4.94. The summed E-state index contributed by atoms with van der Waals surface area (Å²) in [5.41, 5.74) is 3.37. The van der Waals surface area contributed by atoms with Crippen LogP contribution in [0.3, 0.4) is 0 Å². The number of nitrogens with zero attached hydrogens (tertiary/aromatic N) is 2. The fraction of sp³-hybridized carbons (Fsp3) is 0.167. The number of hydrogen-bond donors (Lipinski definition) is 2. The van der Waals surface area contributed by atoms with Gasteiger partial charge in [0.05, 0.1) is 23.7 Å². The lowest BCUT2D eigenvalue weighted by Gasteiger charge is -2.15. The fourth-order valence-corrected chi connectivity index (χ4v) is 3.45. The van der Waals surface area contributed by atoms with Gasteiger partial charge in [0.1, 0.15) is 5.82 Å². The van der Waals surface area contributed by atoms with Crippen LogP contribution in [-0.4, -0.2) is 27.1 Å². The summed E-state index contributed by atoms with van der Waals surface area (Å²) in [7, 11) is 0. The van der Waals surface area contributed by atoms with E-state index in [4.69, 9.17) is 4.98 Å². The van der Waals surface area contributed by atoms with Crippen molar-refractivity contribution < 1.29 is 9.90 Å². The maximum Gasteiger partial charge on any atom is 0.251 e. The predicted molar refractivity (Wildman–Crippen MR) is 114 cm³/mol. The van der Waals surface area contributed by atoms with Gasteiger partial charge in [-0.2, -0.15) is 0 Å². The van der Waals surface area contributed by atoms with E-state index in [1.165, 1.54) is 0 Å². The molecule has 0 aliphatic carbocycles. The molecule has 2 N–H and O–H groups in total. The average molecular weight is 385 g/mol. The molecule has 1 heterocycles. The molecule has 0 saturated carbocycles. The van der Waals surface area contributed by atoms with E-state index in [-0.39, 0.29) is 5.91 Å². The Balaban J connectivity index is 1.51. The number of nitrogens with one attached hydrogen (secondary N) is 1. The molecule has 1 atom stereocenters. The Hall–Kier alpha value is -3.44. The topological polar surface area (TPSA) is 67.2 Å². The molecule has 5 heteroatoms. The smallest absolute Gasteiger partial charge is 0.251 e. The van der Waals surface area contributed by atoms with E-state index >= 15 is 0 Å². The summed E-state index contributed by atoms with van der Waals surface area (Å²) >= 11 is 0. The third kappa shape index (κ3) is 4.36. The van der Waals surface area contributed by atoms with E-state index in [0.29, 0.717) is 25.1 Å². The van der Waals surface area contributed by atoms with Gasteiger partial charge in [-0.25, -0.2) is 4.98 Å². The lowest BCUT2D eigenvalue weighted by atomic mass is 10.1. The van der Waals surface area contributed by atoms with Gasteiger partial charge in [-0.3, -0.25) is 4.79 Å². The maximum atomic E-state index is 12.3. The van der Waals surface area contributed by atoms with Gasteiger partial charge in [0, 0.05) is 18.5 Å². The van der Waals surface area contributed by atoms with Crippen molar-refractivity contribution in [2.75, 3.05) is 6.54 Å². The lowest BCUT2D eigenvalue weighted by molar-refractivity contribution is 0.0953. The van der Waals surface area contributed by atoms with Crippen molar-refractivity contribution in [2.45, 2.75) is 19.1 Å². The Morgan fingerprint density at radius 1 is 0.931 bits per heavy atom. The monoisotopic (exact) mass is 385 g/mol. The molecule has 5 nitrogen and oxygen atoms in total. The Labute approximate surface area is 169 Å². The van der Waals surface area contributed by atoms with E-state index in [2.05, 4.69) is 5.32 Å². The van der Waals surface area contributed by atoms with Crippen molar-refractivity contribution in [1.29, 1.82) is 0 Å². The Morgan fingerprint density at radius 2 is 1.59 bits per heavy atom. The summed E-state index contributed by atoms with van der Waals surface area (Å²) < 4.78 is 2.04. The number of amides is 1. The van der Waals surface area contributed by atoms with Crippen LogP contribution in [0.15, 0.2) is 84.9 Å². The standard InChI is InChI=1S/C24H23N3O2/c28-22(18-9-3-1-4-10-18)17-27-21-14-8-7-13-20(21)26-23(27)15-16-25-24(29)19-11-5-2-6-12-19/h1-14,22,28H,15-17H2,(H,25,29). The van der Waals surface area contributed by atoms with E-state index in [0.717, 1.165) is 22.4 Å². The first-order chi connectivity index (χ1) is 14.2. The minimum absolute atomic E-state index is 0.0995. The molecule has 0 radical (unpaired) electrons. The van der Waals surface area contributed by atoms with Crippen molar-refractivity contribution in [2.24, 2.45) is 0 Å². The molecule has 4 aromatic rings. The first-order valence-corrected chi connectivity index (χ1v) is 9.73. The average Bonchev–Trinajstić information content (AvgIpc) is 3.12. The molecule has 0 aliphatic heterocycles. The van der Waals surface area contributed by atoms with Gasteiger partial charge < -0.3 is 15.0 Å². The molecule has 1 amide bonds. The van der Waals surface area contributed by atoms with Crippen molar-refractivity contribution in [3.63, 3.8) is 0 Å². The van der Waals surface area contributed by atoms with Crippen LogP contribution in [0, 0.1) is 0 Å². The number of para-hydroxylation sites is 2. The zero-order chi connectivity index (χ0) is 20.1. The van der Waals surface area contributed by atoms with Gasteiger partial charge in [-0.15, -0.1) is 0 Å². The number of imidazole rings is 1. The van der Waals surface area contributed by atoms with Gasteiger partial charge in [0.25, 0.3) is 5.91 Å². The van der Waals surface area contributed by atoms with E-state index < -0.39 is 6.10 Å². The van der Waals surface area contributed by atoms with Crippen LogP contribution in [-0.2, 0) is 13.0 Å². The van der Waals surface area contributed by atoms with Crippen LogP contribution in [0.2, 0.25) is 0 Å². The van der Waals surface area contributed by atoms with Crippen molar-refractivity contribution in [3.05, 3.63) is 102 Å². The minimum atomic E-state index is -0.633. The number of aromatic nitrogens is 2. The van der Waals surface area contributed by atoms with Crippen LogP contribution in [0.4, 0.5) is 0 Å². The number of hydrogen-bond acceptors (Lipinski definition) is 3. The zero-order valence-electron chi connectivity index (χ0n) is 16.0. The molecule has 1 unspecified atom stereocenters. The first kappa shape index (κ1) is 18.9. The van der Waals surface area contributed by atoms with Gasteiger partial charge >= 0.3 is 0 Å². The second kappa shape index (κ2) is 8.71. The quantitative estimate of drug-likeness (QED) is 0.509. The first-order valence-electron chi connectivity index (χ1n) is 9.73. The highest BCUT2D eigenvalue weighted by Gasteiger charge is 2.15. The number of aliphatic hydroxyl groups excluding tert-OH is 1. The SMILES string of the molecule is O=C(NCCc1nc2ccccc2n1CC(O)c1ccccc1)c1ccccc1. The Morgan fingerprint density at radius 3 is 2.34 bits per heavy atom. The molecule has 0 aliphatic rings. The number of carbonyl (C=O) groups is 1. The largest absolute Gasteiger partial charge is 0.387 e. The summed E-state index contributed by atoms with van der Waals surface area (Å²) in [6.45, 7) is 0.880. The molecule has 1 aromatic heterocycles. The van der Waals surface area contributed by atoms with Crippen LogP contribution in [0.5, 0.6) is 0 Å². The molecule has 146 valence electrons. The number of carbonyl (C=O) groups excluding carboxylic acids is 1. The minimum Gasteiger partial charge on any atom is -0.387 e. The number of fused-ring (bicyclic) bond motifs is 1. The molecule has 29 heavy (non-hydrogen) atoms. The van der Waals surface area contributed by atoms with E-state index in [1.54, 1.807) is 12.1 Å². The molecular formula is C24H23N3O2. The van der Waals surface area contributed by atoms with Crippen LogP contribution < -0.4 is 5.32 Å². The summed E-state index contributed by atoms with van der Waals surface area (Å²) in [6.07, 6.45) is -0.0548. The Bertz CT molecular complexity index is 1090. The van der Waals surface area contributed by atoms with Gasteiger partial charge in [0.15, 0.2) is 0 Å². The normalized spacial score (nSPS) is 12.0. The van der Waals surface area contributed by atoms with Crippen LogP contribution in [0.25, 0.3) is 11.0 Å². The zero-order valence-corrected chi connectivity index (χ0v) is 16.0. The summed E-state index contributed by atoms with van der Waals surface area (Å²) in [6, 6.07) is 26.7. The maximum absolute atomic E-state index is 12.3. The second-order valence-corrected chi connectivity index (χ2v) is 6.93. The highest BCUT2D eigenvalue weighted by atomic mass is 16.3. The molecule has 0 spiro atoms. The summed E-state index contributed by atoms with van der Waals surface area (Å²) in [4.78, 5) is 17.0. The molecular weight excluding hydrogens is 362 g/mol. The fourth-order valence-electron chi connectivity index (χ4n) is 3.45. The molecule has 4 rings (SSSR count). The van der Waals surface area contributed by atoms with Crippen molar-refractivity contribution >= 4 is 16.9 Å². The van der Waals surface area contributed by atoms with E-state index in [9.17, 15) is 9.90 Å². The van der Waals surface area contributed by atoms with Crippen molar-refractivity contribution in [3.8, 4) is 0 Å². The molecule has 0 saturated heterocycles.